The van der Waals surface area contributed by atoms with Crippen LogP contribution in [0.25, 0.3) is 5.65 Å². The summed E-state index contributed by atoms with van der Waals surface area (Å²) < 4.78 is 3.77. The van der Waals surface area contributed by atoms with Crippen molar-refractivity contribution < 1.29 is 4.79 Å². The number of rotatable bonds is 2. The molecule has 3 aromatic heterocycles. The second-order valence-electron chi connectivity index (χ2n) is 6.01. The summed E-state index contributed by atoms with van der Waals surface area (Å²) >= 11 is 0. The van der Waals surface area contributed by atoms with Gasteiger partial charge in [0.1, 0.15) is 11.4 Å². The number of amides is 1. The third-order valence-electron chi connectivity index (χ3n) is 4.25. The SMILES string of the molecule is Cc1cn2c(n1)CC[C@@H](NC(=O)c1c(C)nn3cccnc13)C2. The van der Waals surface area contributed by atoms with Crippen LogP contribution < -0.4 is 5.32 Å². The Labute approximate surface area is 133 Å². The Bertz CT molecular complexity index is 893. The summed E-state index contributed by atoms with van der Waals surface area (Å²) in [5.74, 6) is 0.989. The van der Waals surface area contributed by atoms with E-state index in [9.17, 15) is 4.79 Å². The molecular formula is C16H18N6O. The van der Waals surface area contributed by atoms with Crippen molar-refractivity contribution in [2.24, 2.45) is 0 Å². The molecule has 0 saturated carbocycles. The minimum absolute atomic E-state index is 0.0988. The Morgan fingerprint density at radius 3 is 3.13 bits per heavy atom. The second-order valence-corrected chi connectivity index (χ2v) is 6.01. The van der Waals surface area contributed by atoms with Crippen LogP contribution in [0.5, 0.6) is 0 Å². The Kier molecular flexibility index (Phi) is 3.14. The van der Waals surface area contributed by atoms with Crippen molar-refractivity contribution in [2.75, 3.05) is 0 Å². The van der Waals surface area contributed by atoms with E-state index >= 15 is 0 Å². The molecule has 1 atom stereocenters. The topological polar surface area (TPSA) is 77.1 Å². The minimum Gasteiger partial charge on any atom is -0.347 e. The monoisotopic (exact) mass is 310 g/mol. The number of nitrogens with one attached hydrogen (secondary N) is 1. The van der Waals surface area contributed by atoms with Crippen molar-refractivity contribution in [2.45, 2.75) is 39.3 Å². The van der Waals surface area contributed by atoms with Gasteiger partial charge in [-0.15, -0.1) is 0 Å². The number of nitrogens with zero attached hydrogens (tertiary/aromatic N) is 5. The molecule has 0 saturated heterocycles. The fourth-order valence-electron chi connectivity index (χ4n) is 3.22. The molecular weight excluding hydrogens is 292 g/mol. The van der Waals surface area contributed by atoms with Crippen molar-refractivity contribution in [3.05, 3.63) is 47.4 Å². The van der Waals surface area contributed by atoms with Gasteiger partial charge < -0.3 is 9.88 Å². The molecule has 118 valence electrons. The minimum atomic E-state index is -0.110. The van der Waals surface area contributed by atoms with Crippen LogP contribution in [-0.4, -0.2) is 36.1 Å². The van der Waals surface area contributed by atoms with Crippen LogP contribution in [0.2, 0.25) is 0 Å². The average molecular weight is 310 g/mol. The summed E-state index contributed by atoms with van der Waals surface area (Å²) in [5.41, 5.74) is 2.86. The standard InChI is InChI=1S/C16H18N6O/c1-10-8-21-9-12(4-5-13(21)18-10)19-16(23)14-11(2)20-22-7-3-6-17-15(14)22/h3,6-8,12H,4-5,9H2,1-2H3,(H,19,23)/t12-/m1/s1. The fraction of sp³-hybridized carbons (Fsp3) is 0.375. The lowest BCUT2D eigenvalue weighted by Gasteiger charge is -2.24. The smallest absolute Gasteiger partial charge is 0.257 e. The third-order valence-corrected chi connectivity index (χ3v) is 4.25. The Balaban J connectivity index is 1.57. The summed E-state index contributed by atoms with van der Waals surface area (Å²) in [6.45, 7) is 4.59. The van der Waals surface area contributed by atoms with Crippen LogP contribution in [0, 0.1) is 13.8 Å². The van der Waals surface area contributed by atoms with E-state index < -0.39 is 0 Å². The van der Waals surface area contributed by atoms with E-state index in [1.165, 1.54) is 0 Å². The number of imidazole rings is 1. The highest BCUT2D eigenvalue weighted by atomic mass is 16.1. The number of aryl methyl sites for hydroxylation is 3. The molecule has 3 aromatic rings. The highest BCUT2D eigenvalue weighted by Crippen LogP contribution is 2.17. The number of carbonyl (C=O) groups excluding carboxylic acids is 1. The van der Waals surface area contributed by atoms with Gasteiger partial charge in [0, 0.05) is 37.6 Å². The molecule has 1 amide bonds. The first-order chi connectivity index (χ1) is 11.1. The molecule has 1 N–H and O–H groups in total. The largest absolute Gasteiger partial charge is 0.347 e. The lowest BCUT2D eigenvalue weighted by atomic mass is 10.1. The molecule has 0 spiro atoms. The Morgan fingerprint density at radius 1 is 1.39 bits per heavy atom. The average Bonchev–Trinajstić information content (AvgIpc) is 3.04. The summed E-state index contributed by atoms with van der Waals surface area (Å²) in [7, 11) is 0. The number of hydrogen-bond donors (Lipinski definition) is 1. The molecule has 4 heterocycles. The highest BCUT2D eigenvalue weighted by Gasteiger charge is 2.24. The van der Waals surface area contributed by atoms with Crippen molar-refractivity contribution in [3.8, 4) is 0 Å². The van der Waals surface area contributed by atoms with Gasteiger partial charge >= 0.3 is 0 Å². The van der Waals surface area contributed by atoms with E-state index in [-0.39, 0.29) is 11.9 Å². The number of hydrogen-bond acceptors (Lipinski definition) is 4. The first-order valence-corrected chi connectivity index (χ1v) is 7.75. The van der Waals surface area contributed by atoms with E-state index in [0.29, 0.717) is 16.9 Å². The second kappa shape index (κ2) is 5.19. The van der Waals surface area contributed by atoms with Crippen LogP contribution in [0.3, 0.4) is 0 Å². The number of carbonyl (C=O) groups is 1. The molecule has 7 heteroatoms. The van der Waals surface area contributed by atoms with Gasteiger partial charge in [0.05, 0.1) is 11.4 Å². The maximum absolute atomic E-state index is 12.7. The molecule has 4 rings (SSSR count). The molecule has 1 aliphatic heterocycles. The summed E-state index contributed by atoms with van der Waals surface area (Å²) in [6, 6.07) is 1.90. The van der Waals surface area contributed by atoms with Gasteiger partial charge in [-0.2, -0.15) is 5.10 Å². The zero-order valence-corrected chi connectivity index (χ0v) is 13.2. The van der Waals surface area contributed by atoms with E-state index in [1.807, 2.05) is 20.0 Å². The lowest BCUT2D eigenvalue weighted by molar-refractivity contribution is 0.0928. The predicted octanol–water partition coefficient (Wildman–Crippen LogP) is 1.29. The maximum atomic E-state index is 12.7. The molecule has 0 aromatic carbocycles. The molecule has 0 fully saturated rings. The van der Waals surface area contributed by atoms with Crippen molar-refractivity contribution >= 4 is 11.6 Å². The van der Waals surface area contributed by atoms with E-state index in [1.54, 1.807) is 23.0 Å². The van der Waals surface area contributed by atoms with Crippen LogP contribution in [0.15, 0.2) is 24.7 Å². The zero-order chi connectivity index (χ0) is 16.0. The molecule has 23 heavy (non-hydrogen) atoms. The van der Waals surface area contributed by atoms with Gasteiger partial charge in [-0.05, 0) is 26.3 Å². The normalized spacial score (nSPS) is 17.2. The molecule has 0 aliphatic carbocycles. The Hall–Kier alpha value is -2.70. The molecule has 0 bridgehead atoms. The number of aromatic nitrogens is 5. The van der Waals surface area contributed by atoms with Gasteiger partial charge in [0.25, 0.3) is 5.91 Å². The first-order valence-electron chi connectivity index (χ1n) is 7.75. The summed E-state index contributed by atoms with van der Waals surface area (Å²) in [6.07, 6.45) is 7.29. The van der Waals surface area contributed by atoms with Gasteiger partial charge in [-0.25, -0.2) is 14.5 Å². The molecule has 0 radical (unpaired) electrons. The summed E-state index contributed by atoms with van der Waals surface area (Å²) in [5, 5.41) is 7.47. The lowest BCUT2D eigenvalue weighted by Crippen LogP contribution is -2.41. The van der Waals surface area contributed by atoms with Gasteiger partial charge in [-0.1, -0.05) is 0 Å². The van der Waals surface area contributed by atoms with Gasteiger partial charge in [0.2, 0.25) is 0 Å². The molecule has 7 nitrogen and oxygen atoms in total. The molecule has 1 aliphatic rings. The van der Waals surface area contributed by atoms with Crippen LogP contribution in [0.4, 0.5) is 0 Å². The summed E-state index contributed by atoms with van der Waals surface area (Å²) in [4.78, 5) is 21.5. The van der Waals surface area contributed by atoms with E-state index in [0.717, 1.165) is 30.9 Å². The van der Waals surface area contributed by atoms with Crippen molar-refractivity contribution in [1.82, 2.24) is 29.5 Å². The van der Waals surface area contributed by atoms with E-state index in [4.69, 9.17) is 0 Å². The van der Waals surface area contributed by atoms with Gasteiger partial charge in [0.15, 0.2) is 5.65 Å². The fourth-order valence-corrected chi connectivity index (χ4v) is 3.22. The molecule has 0 unspecified atom stereocenters. The zero-order valence-electron chi connectivity index (χ0n) is 13.2. The van der Waals surface area contributed by atoms with Gasteiger partial charge in [-0.3, -0.25) is 4.79 Å². The third kappa shape index (κ3) is 2.38. The maximum Gasteiger partial charge on any atom is 0.257 e. The van der Waals surface area contributed by atoms with Crippen LogP contribution in [-0.2, 0) is 13.0 Å². The van der Waals surface area contributed by atoms with Crippen LogP contribution >= 0.6 is 0 Å². The van der Waals surface area contributed by atoms with E-state index in [2.05, 4.69) is 25.0 Å². The number of fused-ring (bicyclic) bond motifs is 2. The predicted molar refractivity (Wildman–Crippen MR) is 84.3 cm³/mol. The highest BCUT2D eigenvalue weighted by molar-refractivity contribution is 6.01. The Morgan fingerprint density at radius 2 is 2.26 bits per heavy atom. The van der Waals surface area contributed by atoms with Crippen molar-refractivity contribution in [3.63, 3.8) is 0 Å². The quantitative estimate of drug-likeness (QED) is 0.773. The van der Waals surface area contributed by atoms with Crippen molar-refractivity contribution in [1.29, 1.82) is 0 Å². The van der Waals surface area contributed by atoms with Crippen LogP contribution in [0.1, 0.15) is 34.0 Å². The first kappa shape index (κ1) is 13.9.